The fourth-order valence-electron chi connectivity index (χ4n) is 2.59. The third kappa shape index (κ3) is 5.05. The van der Waals surface area contributed by atoms with Crippen LogP contribution in [0.3, 0.4) is 0 Å². The minimum Gasteiger partial charge on any atom is -0.495 e. The monoisotopic (exact) mass is 418 g/mol. The minimum atomic E-state index is -0.561. The van der Waals surface area contributed by atoms with Crippen molar-refractivity contribution in [2.75, 3.05) is 19.0 Å². The summed E-state index contributed by atoms with van der Waals surface area (Å²) in [5.41, 5.74) is 1.33. The van der Waals surface area contributed by atoms with Gasteiger partial charge in [0.1, 0.15) is 28.4 Å². The van der Waals surface area contributed by atoms with Crippen molar-refractivity contribution in [1.29, 1.82) is 0 Å². The van der Waals surface area contributed by atoms with Gasteiger partial charge in [-0.2, -0.15) is 0 Å². The number of anilines is 1. The first-order valence-electron chi connectivity index (χ1n) is 8.56. The van der Waals surface area contributed by atoms with E-state index in [0.29, 0.717) is 27.3 Å². The van der Waals surface area contributed by atoms with Crippen molar-refractivity contribution in [3.05, 3.63) is 53.1 Å². The van der Waals surface area contributed by atoms with Gasteiger partial charge in [-0.05, 0) is 30.7 Å². The number of benzene rings is 2. The predicted molar refractivity (Wildman–Crippen MR) is 112 cm³/mol. The number of methoxy groups -OCH3 is 1. The van der Waals surface area contributed by atoms with Gasteiger partial charge < -0.3 is 14.8 Å². The molecule has 0 saturated carbocycles. The number of nitrogens with zero attached hydrogens (tertiary/aromatic N) is 1. The summed E-state index contributed by atoms with van der Waals surface area (Å²) < 4.78 is 10.9. The minimum absolute atomic E-state index is 0.00661. The number of para-hydroxylation sites is 1. The molecule has 3 rings (SSSR count). The molecule has 0 radical (unpaired) electrons. The molecule has 8 heteroatoms. The van der Waals surface area contributed by atoms with Crippen molar-refractivity contribution in [2.24, 2.45) is 4.99 Å². The second-order valence-electron chi connectivity index (χ2n) is 6.11. The molecule has 0 spiro atoms. The maximum atomic E-state index is 12.4. The lowest BCUT2D eigenvalue weighted by Gasteiger charge is -2.13. The summed E-state index contributed by atoms with van der Waals surface area (Å²) in [5.74, 6) is 0.532. The van der Waals surface area contributed by atoms with Crippen molar-refractivity contribution < 1.29 is 19.1 Å². The number of amides is 2. The van der Waals surface area contributed by atoms with Gasteiger partial charge in [0.25, 0.3) is 5.91 Å². The Hall–Kier alpha value is -2.51. The zero-order valence-electron chi connectivity index (χ0n) is 15.4. The molecule has 0 aromatic heterocycles. The third-order valence-corrected chi connectivity index (χ3v) is 5.56. The highest BCUT2D eigenvalue weighted by Gasteiger charge is 2.31. The van der Waals surface area contributed by atoms with Gasteiger partial charge in [-0.3, -0.25) is 9.59 Å². The Bertz CT molecular complexity index is 918. The highest BCUT2D eigenvalue weighted by molar-refractivity contribution is 8.15. The Morgan fingerprint density at radius 3 is 2.75 bits per heavy atom. The van der Waals surface area contributed by atoms with Crippen molar-refractivity contribution in [2.45, 2.75) is 18.6 Å². The normalized spacial score (nSPS) is 15.9. The van der Waals surface area contributed by atoms with Crippen LogP contribution in [0, 0.1) is 6.92 Å². The SMILES string of the molecule is COc1cc(Cl)c(C)cc1NC(=O)C[C@H]1SC(COc2ccccc2)=NC1=O. The zero-order valence-corrected chi connectivity index (χ0v) is 17.0. The third-order valence-electron chi connectivity index (χ3n) is 4.02. The Morgan fingerprint density at radius 1 is 1.29 bits per heavy atom. The van der Waals surface area contributed by atoms with Crippen LogP contribution in [-0.2, 0) is 9.59 Å². The fraction of sp³-hybridized carbons (Fsp3) is 0.250. The summed E-state index contributed by atoms with van der Waals surface area (Å²) in [6.45, 7) is 2.03. The molecule has 0 unspecified atom stereocenters. The topological polar surface area (TPSA) is 77.0 Å². The number of halogens is 1. The lowest BCUT2D eigenvalue weighted by atomic mass is 10.2. The molecule has 2 aromatic rings. The van der Waals surface area contributed by atoms with Gasteiger partial charge in [-0.15, -0.1) is 0 Å². The van der Waals surface area contributed by atoms with Crippen LogP contribution < -0.4 is 14.8 Å². The van der Waals surface area contributed by atoms with Gasteiger partial charge in [-0.25, -0.2) is 4.99 Å². The fourth-order valence-corrected chi connectivity index (χ4v) is 3.73. The van der Waals surface area contributed by atoms with E-state index in [9.17, 15) is 9.59 Å². The van der Waals surface area contributed by atoms with Gasteiger partial charge >= 0.3 is 0 Å². The van der Waals surface area contributed by atoms with Crippen LogP contribution in [0.1, 0.15) is 12.0 Å². The molecule has 0 aliphatic carbocycles. The molecule has 28 heavy (non-hydrogen) atoms. The molecule has 2 amide bonds. The van der Waals surface area contributed by atoms with Crippen LogP contribution >= 0.6 is 23.4 Å². The highest BCUT2D eigenvalue weighted by Crippen LogP contribution is 2.32. The summed E-state index contributed by atoms with van der Waals surface area (Å²) in [6.07, 6.45) is 0.00661. The average Bonchev–Trinajstić information content (AvgIpc) is 3.03. The first-order chi connectivity index (χ1) is 13.5. The number of thioether (sulfide) groups is 1. The lowest BCUT2D eigenvalue weighted by molar-refractivity contribution is -0.121. The second kappa shape index (κ2) is 9.12. The molecule has 1 N–H and O–H groups in total. The molecule has 1 heterocycles. The molecule has 1 aliphatic rings. The van der Waals surface area contributed by atoms with E-state index in [-0.39, 0.29) is 24.8 Å². The lowest BCUT2D eigenvalue weighted by Crippen LogP contribution is -2.21. The van der Waals surface area contributed by atoms with Crippen LogP contribution in [0.15, 0.2) is 47.5 Å². The van der Waals surface area contributed by atoms with Gasteiger partial charge in [-0.1, -0.05) is 41.6 Å². The number of rotatable bonds is 7. The molecular weight excluding hydrogens is 400 g/mol. The number of hydrogen-bond donors (Lipinski definition) is 1. The van der Waals surface area contributed by atoms with Crippen LogP contribution in [0.5, 0.6) is 11.5 Å². The molecular formula is C20H19ClN2O4S. The van der Waals surface area contributed by atoms with Crippen molar-refractivity contribution in [3.8, 4) is 11.5 Å². The van der Waals surface area contributed by atoms with Gasteiger partial charge in [0.05, 0.1) is 12.8 Å². The Labute approximate surface area is 172 Å². The first kappa shape index (κ1) is 20.2. The molecule has 2 aromatic carbocycles. The Morgan fingerprint density at radius 2 is 2.04 bits per heavy atom. The summed E-state index contributed by atoms with van der Waals surface area (Å²) in [5, 5.41) is 3.33. The van der Waals surface area contributed by atoms with E-state index in [2.05, 4.69) is 10.3 Å². The molecule has 0 bridgehead atoms. The number of aliphatic imine (C=N–C) groups is 1. The summed E-state index contributed by atoms with van der Waals surface area (Å²) in [6, 6.07) is 12.7. The first-order valence-corrected chi connectivity index (χ1v) is 9.82. The molecule has 146 valence electrons. The maximum absolute atomic E-state index is 12.4. The Balaban J connectivity index is 1.55. The number of carbonyl (C=O) groups excluding carboxylic acids is 2. The van der Waals surface area contributed by atoms with Crippen molar-refractivity contribution in [3.63, 3.8) is 0 Å². The standard InChI is InChI=1S/C20H19ClN2O4S/c1-12-8-15(16(26-2)9-14(12)21)22-18(24)10-17-20(25)23-19(28-17)11-27-13-6-4-3-5-7-13/h3-9,17H,10-11H2,1-2H3,(H,22,24)/t17-/m1/s1. The van der Waals surface area contributed by atoms with Crippen LogP contribution in [0.25, 0.3) is 0 Å². The molecule has 6 nitrogen and oxygen atoms in total. The van der Waals surface area contributed by atoms with E-state index in [1.54, 1.807) is 12.1 Å². The molecule has 1 aliphatic heterocycles. The zero-order chi connectivity index (χ0) is 20.1. The van der Waals surface area contributed by atoms with Crippen molar-refractivity contribution >= 4 is 45.9 Å². The Kier molecular flexibility index (Phi) is 6.59. The van der Waals surface area contributed by atoms with Gasteiger partial charge in [0, 0.05) is 17.5 Å². The van der Waals surface area contributed by atoms with Crippen molar-refractivity contribution in [1.82, 2.24) is 0 Å². The number of carbonyl (C=O) groups is 2. The van der Waals surface area contributed by atoms with E-state index in [4.69, 9.17) is 21.1 Å². The van der Waals surface area contributed by atoms with Gasteiger partial charge in [0.2, 0.25) is 5.91 Å². The maximum Gasteiger partial charge on any atom is 0.260 e. The van der Waals surface area contributed by atoms with Crippen LogP contribution in [0.2, 0.25) is 5.02 Å². The smallest absolute Gasteiger partial charge is 0.260 e. The van der Waals surface area contributed by atoms with E-state index in [1.165, 1.54) is 18.9 Å². The molecule has 1 atom stereocenters. The van der Waals surface area contributed by atoms with E-state index < -0.39 is 5.25 Å². The van der Waals surface area contributed by atoms with E-state index in [1.807, 2.05) is 37.3 Å². The van der Waals surface area contributed by atoms with E-state index >= 15 is 0 Å². The number of ether oxygens (including phenoxy) is 2. The molecule has 0 saturated heterocycles. The largest absolute Gasteiger partial charge is 0.495 e. The predicted octanol–water partition coefficient (Wildman–Crippen LogP) is 4.11. The number of hydrogen-bond acceptors (Lipinski definition) is 5. The number of aryl methyl sites for hydroxylation is 1. The molecule has 0 fully saturated rings. The summed E-state index contributed by atoms with van der Waals surface area (Å²) >= 11 is 7.33. The van der Waals surface area contributed by atoms with Crippen LogP contribution in [-0.4, -0.2) is 35.8 Å². The quantitative estimate of drug-likeness (QED) is 0.732. The average molecular weight is 419 g/mol. The van der Waals surface area contributed by atoms with Gasteiger partial charge in [0.15, 0.2) is 0 Å². The second-order valence-corrected chi connectivity index (χ2v) is 7.79. The van der Waals surface area contributed by atoms with Crippen LogP contribution in [0.4, 0.5) is 5.69 Å². The summed E-state index contributed by atoms with van der Waals surface area (Å²) in [7, 11) is 1.50. The summed E-state index contributed by atoms with van der Waals surface area (Å²) in [4.78, 5) is 28.5. The highest BCUT2D eigenvalue weighted by atomic mass is 35.5. The number of nitrogens with one attached hydrogen (secondary N) is 1. The van der Waals surface area contributed by atoms with E-state index in [0.717, 1.165) is 5.56 Å².